The van der Waals surface area contributed by atoms with Gasteiger partial charge in [0.05, 0.1) is 13.1 Å². The van der Waals surface area contributed by atoms with Gasteiger partial charge in [-0.05, 0) is 31.5 Å². The Hall–Kier alpha value is -1.92. The molecule has 0 spiro atoms. The molecule has 2 N–H and O–H groups in total. The summed E-state index contributed by atoms with van der Waals surface area (Å²) in [6.07, 6.45) is 1.67. The minimum atomic E-state index is -0.122. The zero-order chi connectivity index (χ0) is 15.2. The van der Waals surface area contributed by atoms with Crippen molar-refractivity contribution in [2.75, 3.05) is 11.9 Å². The first kappa shape index (κ1) is 15.5. The van der Waals surface area contributed by atoms with Crippen LogP contribution in [0.2, 0.25) is 5.02 Å². The zero-order valence-corrected chi connectivity index (χ0v) is 12.8. The van der Waals surface area contributed by atoms with E-state index in [-0.39, 0.29) is 12.5 Å². The number of rotatable bonds is 6. The lowest BCUT2D eigenvalue weighted by molar-refractivity contribution is -0.115. The molecular weight excluding hydrogens is 290 g/mol. The predicted octanol–water partition coefficient (Wildman–Crippen LogP) is 1.99. The van der Waals surface area contributed by atoms with Gasteiger partial charge in [-0.3, -0.25) is 4.79 Å². The summed E-state index contributed by atoms with van der Waals surface area (Å²) in [5, 5.41) is 14.3. The zero-order valence-electron chi connectivity index (χ0n) is 12.1. The minimum absolute atomic E-state index is 0.122. The molecule has 1 aromatic carbocycles. The number of carbonyl (C=O) groups excluding carboxylic acids is 1. The number of hydrogen-bond donors (Lipinski definition) is 2. The molecule has 1 amide bonds. The van der Waals surface area contributed by atoms with E-state index in [4.69, 9.17) is 11.6 Å². The highest BCUT2D eigenvalue weighted by Gasteiger charge is 2.07. The van der Waals surface area contributed by atoms with Crippen LogP contribution in [0.4, 0.5) is 5.69 Å². The summed E-state index contributed by atoms with van der Waals surface area (Å²) in [4.78, 5) is 11.9. The molecule has 0 bridgehead atoms. The van der Waals surface area contributed by atoms with Gasteiger partial charge in [-0.25, -0.2) is 0 Å². The first-order valence-corrected chi connectivity index (χ1v) is 7.11. The van der Waals surface area contributed by atoms with Crippen molar-refractivity contribution in [3.05, 3.63) is 40.9 Å². The van der Waals surface area contributed by atoms with Crippen LogP contribution in [0, 0.1) is 6.92 Å². The third kappa shape index (κ3) is 4.27. The summed E-state index contributed by atoms with van der Waals surface area (Å²) in [6, 6.07) is 5.40. The van der Waals surface area contributed by atoms with Crippen LogP contribution in [0.1, 0.15) is 18.3 Å². The SMILES string of the molecule is CCn1cnnc1CNCC(=O)Nc1cc(Cl)ccc1C. The second kappa shape index (κ2) is 7.19. The van der Waals surface area contributed by atoms with Crippen molar-refractivity contribution in [3.8, 4) is 0 Å². The molecule has 1 aromatic heterocycles. The molecule has 0 unspecified atom stereocenters. The Kier molecular flexibility index (Phi) is 5.30. The smallest absolute Gasteiger partial charge is 0.238 e. The second-order valence-corrected chi connectivity index (χ2v) is 5.08. The van der Waals surface area contributed by atoms with E-state index in [2.05, 4.69) is 20.8 Å². The fourth-order valence-corrected chi connectivity index (χ4v) is 2.06. The molecule has 0 aliphatic carbocycles. The monoisotopic (exact) mass is 307 g/mol. The van der Waals surface area contributed by atoms with Crippen LogP contribution in [-0.4, -0.2) is 27.2 Å². The molecule has 0 atom stereocenters. The lowest BCUT2D eigenvalue weighted by Crippen LogP contribution is -2.28. The van der Waals surface area contributed by atoms with Crippen LogP contribution in [0.25, 0.3) is 0 Å². The van der Waals surface area contributed by atoms with Gasteiger partial charge in [0, 0.05) is 17.3 Å². The molecule has 0 saturated heterocycles. The largest absolute Gasteiger partial charge is 0.325 e. The first-order chi connectivity index (χ1) is 10.1. The molecule has 0 fully saturated rings. The lowest BCUT2D eigenvalue weighted by Gasteiger charge is -2.09. The highest BCUT2D eigenvalue weighted by molar-refractivity contribution is 6.31. The maximum Gasteiger partial charge on any atom is 0.238 e. The van der Waals surface area contributed by atoms with Crippen LogP contribution in [0.3, 0.4) is 0 Å². The Morgan fingerprint density at radius 3 is 3.00 bits per heavy atom. The maximum absolute atomic E-state index is 11.9. The van der Waals surface area contributed by atoms with Crippen molar-refractivity contribution in [2.24, 2.45) is 0 Å². The normalized spacial score (nSPS) is 10.6. The summed E-state index contributed by atoms with van der Waals surface area (Å²) in [7, 11) is 0. The molecule has 112 valence electrons. The van der Waals surface area contributed by atoms with Crippen molar-refractivity contribution < 1.29 is 4.79 Å². The Labute approximate surface area is 128 Å². The molecule has 1 heterocycles. The predicted molar refractivity (Wildman–Crippen MR) is 82.2 cm³/mol. The van der Waals surface area contributed by atoms with Crippen LogP contribution >= 0.6 is 11.6 Å². The molecule has 0 aliphatic rings. The van der Waals surface area contributed by atoms with Crippen molar-refractivity contribution in [1.82, 2.24) is 20.1 Å². The molecule has 0 saturated carbocycles. The number of anilines is 1. The fourth-order valence-electron chi connectivity index (χ4n) is 1.89. The number of aromatic nitrogens is 3. The van der Waals surface area contributed by atoms with Gasteiger partial charge in [-0.2, -0.15) is 0 Å². The third-order valence-electron chi connectivity index (χ3n) is 3.08. The van der Waals surface area contributed by atoms with Gasteiger partial charge in [0.1, 0.15) is 12.2 Å². The Balaban J connectivity index is 1.84. The van der Waals surface area contributed by atoms with Crippen LogP contribution in [0.15, 0.2) is 24.5 Å². The number of hydrogen-bond acceptors (Lipinski definition) is 4. The van der Waals surface area contributed by atoms with Gasteiger partial charge in [-0.1, -0.05) is 17.7 Å². The van der Waals surface area contributed by atoms with E-state index in [1.54, 1.807) is 18.5 Å². The van der Waals surface area contributed by atoms with Crippen LogP contribution in [0.5, 0.6) is 0 Å². The number of nitrogens with zero attached hydrogens (tertiary/aromatic N) is 3. The number of halogens is 1. The van der Waals surface area contributed by atoms with Gasteiger partial charge in [0.15, 0.2) is 0 Å². The summed E-state index contributed by atoms with van der Waals surface area (Å²) >= 11 is 5.92. The molecule has 7 heteroatoms. The Bertz CT molecular complexity index is 626. The first-order valence-electron chi connectivity index (χ1n) is 6.73. The molecule has 21 heavy (non-hydrogen) atoms. The maximum atomic E-state index is 11.9. The van der Waals surface area contributed by atoms with Crippen LogP contribution < -0.4 is 10.6 Å². The number of nitrogens with one attached hydrogen (secondary N) is 2. The highest BCUT2D eigenvalue weighted by Crippen LogP contribution is 2.19. The molecular formula is C14H18ClN5O. The van der Waals surface area contributed by atoms with Gasteiger partial charge in [0.2, 0.25) is 5.91 Å². The average molecular weight is 308 g/mol. The van der Waals surface area contributed by atoms with Crippen molar-refractivity contribution in [1.29, 1.82) is 0 Å². The number of amides is 1. The van der Waals surface area contributed by atoms with Gasteiger partial charge >= 0.3 is 0 Å². The number of aryl methyl sites for hydroxylation is 2. The minimum Gasteiger partial charge on any atom is -0.325 e. The van der Waals surface area contributed by atoms with E-state index in [1.165, 1.54) is 0 Å². The topological polar surface area (TPSA) is 71.8 Å². The molecule has 2 rings (SSSR count). The second-order valence-electron chi connectivity index (χ2n) is 4.64. The Morgan fingerprint density at radius 2 is 2.24 bits per heavy atom. The van der Waals surface area contributed by atoms with Crippen LogP contribution in [-0.2, 0) is 17.9 Å². The van der Waals surface area contributed by atoms with E-state index in [0.29, 0.717) is 11.6 Å². The van der Waals surface area contributed by atoms with Crippen molar-refractivity contribution in [3.63, 3.8) is 0 Å². The van der Waals surface area contributed by atoms with Crippen molar-refractivity contribution >= 4 is 23.2 Å². The highest BCUT2D eigenvalue weighted by atomic mass is 35.5. The standard InChI is InChI=1S/C14H18ClN5O/c1-3-20-9-17-19-13(20)7-16-8-14(21)18-12-6-11(15)5-4-10(12)2/h4-6,9,16H,3,7-8H2,1-2H3,(H,18,21). The summed E-state index contributed by atoms with van der Waals surface area (Å²) in [6.45, 7) is 5.43. The number of carbonyl (C=O) groups is 1. The number of benzene rings is 1. The van der Waals surface area contributed by atoms with Gasteiger partial charge < -0.3 is 15.2 Å². The van der Waals surface area contributed by atoms with Crippen molar-refractivity contribution in [2.45, 2.75) is 26.9 Å². The van der Waals surface area contributed by atoms with E-state index in [1.807, 2.05) is 24.5 Å². The Morgan fingerprint density at radius 1 is 1.43 bits per heavy atom. The fraction of sp³-hybridized carbons (Fsp3) is 0.357. The average Bonchev–Trinajstić information content (AvgIpc) is 2.90. The quantitative estimate of drug-likeness (QED) is 0.856. The van der Waals surface area contributed by atoms with E-state index in [0.717, 1.165) is 23.6 Å². The van der Waals surface area contributed by atoms with E-state index >= 15 is 0 Å². The van der Waals surface area contributed by atoms with E-state index in [9.17, 15) is 4.79 Å². The molecule has 0 radical (unpaired) electrons. The summed E-state index contributed by atoms with van der Waals surface area (Å²) in [5.41, 5.74) is 1.70. The summed E-state index contributed by atoms with van der Waals surface area (Å²) < 4.78 is 1.92. The molecule has 6 nitrogen and oxygen atoms in total. The lowest BCUT2D eigenvalue weighted by atomic mass is 10.2. The van der Waals surface area contributed by atoms with Gasteiger partial charge in [-0.15, -0.1) is 10.2 Å². The molecule has 2 aromatic rings. The van der Waals surface area contributed by atoms with E-state index < -0.39 is 0 Å². The third-order valence-corrected chi connectivity index (χ3v) is 3.31. The van der Waals surface area contributed by atoms with Gasteiger partial charge in [0.25, 0.3) is 0 Å². The summed E-state index contributed by atoms with van der Waals surface area (Å²) in [5.74, 6) is 0.687. The molecule has 0 aliphatic heterocycles.